The number of para-hydroxylation sites is 1. The fourth-order valence-corrected chi connectivity index (χ4v) is 4.20. The molecule has 0 aliphatic heterocycles. The second-order valence-corrected chi connectivity index (χ2v) is 9.64. The van der Waals surface area contributed by atoms with E-state index in [-0.39, 0.29) is 11.8 Å². The van der Waals surface area contributed by atoms with Gasteiger partial charge in [-0.15, -0.1) is 0 Å². The third-order valence-electron chi connectivity index (χ3n) is 6.33. The van der Waals surface area contributed by atoms with Crippen LogP contribution in [0.15, 0.2) is 61.3 Å². The van der Waals surface area contributed by atoms with Gasteiger partial charge in [-0.3, -0.25) is 9.59 Å². The topological polar surface area (TPSA) is 130 Å². The van der Waals surface area contributed by atoms with Crippen molar-refractivity contribution in [2.24, 2.45) is 0 Å². The molecule has 41 heavy (non-hydrogen) atoms. The van der Waals surface area contributed by atoms with Crippen LogP contribution in [0.3, 0.4) is 0 Å². The number of carbonyl (C=O) groups excluding carboxylic acids is 2. The lowest BCUT2D eigenvalue weighted by atomic mass is 10.2. The number of fused-ring (bicyclic) bond motifs is 1. The predicted molar refractivity (Wildman–Crippen MR) is 161 cm³/mol. The molecule has 12 nitrogen and oxygen atoms in total. The van der Waals surface area contributed by atoms with Gasteiger partial charge in [0, 0.05) is 50.8 Å². The van der Waals surface area contributed by atoms with Gasteiger partial charge in [0.25, 0.3) is 0 Å². The molecule has 0 fully saturated rings. The van der Waals surface area contributed by atoms with E-state index in [1.54, 1.807) is 30.1 Å². The Hall–Kier alpha value is -4.97. The molecule has 2 aromatic heterocycles. The number of anilines is 4. The Bertz CT molecular complexity index is 1560. The third kappa shape index (κ3) is 6.97. The molecule has 214 valence electrons. The zero-order chi connectivity index (χ0) is 29.5. The van der Waals surface area contributed by atoms with E-state index in [0.717, 1.165) is 35.4 Å². The van der Waals surface area contributed by atoms with Gasteiger partial charge in [-0.1, -0.05) is 24.8 Å². The Balaban J connectivity index is 1.70. The first-order valence-corrected chi connectivity index (χ1v) is 13.0. The Morgan fingerprint density at radius 3 is 2.59 bits per heavy atom. The van der Waals surface area contributed by atoms with E-state index in [0.29, 0.717) is 35.4 Å². The number of aromatic nitrogens is 4. The molecule has 4 aromatic rings. The Morgan fingerprint density at radius 1 is 1.10 bits per heavy atom. The zero-order valence-corrected chi connectivity index (χ0v) is 23.9. The SMILES string of the molecule is C=CC(=O)Nc1cc(Nc2nccc(-n3nc(CNC(C)=O)c4ccccc43)n2)c(OC)cc1N(C)CCN(C)C. The Kier molecular flexibility index (Phi) is 9.15. The number of likely N-dealkylation sites (N-methyl/N-ethyl adjacent to an activating group) is 2. The van der Waals surface area contributed by atoms with Crippen LogP contribution in [0.1, 0.15) is 12.6 Å². The lowest BCUT2D eigenvalue weighted by molar-refractivity contribution is -0.119. The molecule has 3 N–H and O–H groups in total. The van der Waals surface area contributed by atoms with Crippen molar-refractivity contribution in [2.75, 3.05) is 56.9 Å². The molecule has 0 spiro atoms. The molecule has 0 saturated carbocycles. The van der Waals surface area contributed by atoms with Crippen molar-refractivity contribution in [3.8, 4) is 11.6 Å². The summed E-state index contributed by atoms with van der Waals surface area (Å²) in [6.45, 7) is 6.89. The molecule has 0 aliphatic carbocycles. The average molecular weight is 558 g/mol. The molecule has 2 heterocycles. The van der Waals surface area contributed by atoms with Crippen molar-refractivity contribution < 1.29 is 14.3 Å². The van der Waals surface area contributed by atoms with Crippen LogP contribution in [-0.2, 0) is 16.1 Å². The van der Waals surface area contributed by atoms with Crippen molar-refractivity contribution >= 4 is 45.7 Å². The van der Waals surface area contributed by atoms with Crippen LogP contribution < -0.4 is 25.6 Å². The molecule has 0 aliphatic rings. The maximum absolute atomic E-state index is 12.3. The number of nitrogens with zero attached hydrogens (tertiary/aromatic N) is 6. The first kappa shape index (κ1) is 29.0. The Morgan fingerprint density at radius 2 is 1.88 bits per heavy atom. The highest BCUT2D eigenvalue weighted by Crippen LogP contribution is 2.38. The fraction of sp³-hybridized carbons (Fsp3) is 0.276. The summed E-state index contributed by atoms with van der Waals surface area (Å²) in [6, 6.07) is 13.1. The fourth-order valence-electron chi connectivity index (χ4n) is 4.20. The summed E-state index contributed by atoms with van der Waals surface area (Å²) in [7, 11) is 7.55. The molecule has 0 saturated heterocycles. The minimum atomic E-state index is -0.331. The van der Waals surface area contributed by atoms with Crippen LogP contribution >= 0.6 is 0 Å². The summed E-state index contributed by atoms with van der Waals surface area (Å²) < 4.78 is 7.42. The van der Waals surface area contributed by atoms with Gasteiger partial charge in [0.05, 0.1) is 41.9 Å². The number of ether oxygens (including phenoxy) is 1. The van der Waals surface area contributed by atoms with Crippen LogP contribution in [0.5, 0.6) is 5.75 Å². The van der Waals surface area contributed by atoms with E-state index in [2.05, 4.69) is 32.4 Å². The third-order valence-corrected chi connectivity index (χ3v) is 6.33. The van der Waals surface area contributed by atoms with Crippen LogP contribution in [0, 0.1) is 0 Å². The van der Waals surface area contributed by atoms with Crippen LogP contribution in [0.2, 0.25) is 0 Å². The quantitative estimate of drug-likeness (QED) is 0.225. The van der Waals surface area contributed by atoms with Crippen LogP contribution in [-0.4, -0.2) is 77.8 Å². The molecule has 0 bridgehead atoms. The van der Waals surface area contributed by atoms with E-state index in [4.69, 9.17) is 14.8 Å². The van der Waals surface area contributed by atoms with E-state index < -0.39 is 0 Å². The highest BCUT2D eigenvalue weighted by molar-refractivity contribution is 6.02. The minimum Gasteiger partial charge on any atom is -0.494 e. The van der Waals surface area contributed by atoms with Gasteiger partial charge >= 0.3 is 0 Å². The van der Waals surface area contributed by atoms with E-state index in [1.807, 2.05) is 56.4 Å². The summed E-state index contributed by atoms with van der Waals surface area (Å²) in [4.78, 5) is 37.0. The number of amides is 2. The van der Waals surface area contributed by atoms with Gasteiger partial charge in [-0.25, -0.2) is 9.67 Å². The number of benzene rings is 2. The molecular weight excluding hydrogens is 522 g/mol. The summed E-state index contributed by atoms with van der Waals surface area (Å²) in [5, 5.41) is 14.6. The second-order valence-electron chi connectivity index (χ2n) is 9.64. The number of rotatable bonds is 12. The summed E-state index contributed by atoms with van der Waals surface area (Å²) >= 11 is 0. The molecule has 4 rings (SSSR count). The first-order valence-electron chi connectivity index (χ1n) is 13.0. The van der Waals surface area contributed by atoms with Gasteiger partial charge in [0.2, 0.25) is 17.8 Å². The maximum Gasteiger partial charge on any atom is 0.247 e. The number of nitrogens with one attached hydrogen (secondary N) is 3. The van der Waals surface area contributed by atoms with Crippen molar-refractivity contribution in [1.82, 2.24) is 30.0 Å². The molecule has 0 atom stereocenters. The molecule has 0 unspecified atom stereocenters. The van der Waals surface area contributed by atoms with Crippen LogP contribution in [0.4, 0.5) is 23.0 Å². The first-order chi connectivity index (χ1) is 19.7. The maximum atomic E-state index is 12.3. The number of hydrogen-bond donors (Lipinski definition) is 3. The van der Waals surface area contributed by atoms with Gasteiger partial charge in [-0.2, -0.15) is 10.1 Å². The molecule has 2 amide bonds. The monoisotopic (exact) mass is 557 g/mol. The zero-order valence-electron chi connectivity index (χ0n) is 23.9. The standard InChI is InChI=1S/C29H35N9O3/c1-7-28(40)32-21-16-22(26(41-6)17-25(21)37(5)15-14-36(3)4)33-29-30-13-12-27(34-29)38-24-11-9-8-10-20(24)23(35-38)18-31-19(2)39/h7-13,16-17H,1,14-15,18H2,2-6H3,(H,31,39)(H,32,40)(H,30,33,34). The normalized spacial score (nSPS) is 10.9. The number of methoxy groups -OCH3 is 1. The van der Waals surface area contributed by atoms with Gasteiger partial charge in [0.1, 0.15) is 5.75 Å². The van der Waals surface area contributed by atoms with Crippen molar-refractivity contribution in [3.63, 3.8) is 0 Å². The molecular formula is C29H35N9O3. The Labute approximate surface area is 239 Å². The predicted octanol–water partition coefficient (Wildman–Crippen LogP) is 3.33. The molecule has 2 aromatic carbocycles. The van der Waals surface area contributed by atoms with E-state index >= 15 is 0 Å². The van der Waals surface area contributed by atoms with Gasteiger partial charge in [0.15, 0.2) is 5.82 Å². The smallest absolute Gasteiger partial charge is 0.247 e. The number of carbonyl (C=O) groups is 2. The lowest BCUT2D eigenvalue weighted by Crippen LogP contribution is -2.29. The minimum absolute atomic E-state index is 0.135. The average Bonchev–Trinajstić information content (AvgIpc) is 3.33. The van der Waals surface area contributed by atoms with Crippen molar-refractivity contribution in [2.45, 2.75) is 13.5 Å². The van der Waals surface area contributed by atoms with Crippen molar-refractivity contribution in [3.05, 3.63) is 67.0 Å². The van der Waals surface area contributed by atoms with Crippen molar-refractivity contribution in [1.29, 1.82) is 0 Å². The summed E-state index contributed by atoms with van der Waals surface area (Å²) in [5.41, 5.74) is 3.49. The second kappa shape index (κ2) is 12.9. The highest BCUT2D eigenvalue weighted by Gasteiger charge is 2.18. The van der Waals surface area contributed by atoms with E-state index in [1.165, 1.54) is 13.0 Å². The van der Waals surface area contributed by atoms with Crippen LogP contribution in [0.25, 0.3) is 16.7 Å². The molecule has 0 radical (unpaired) electrons. The van der Waals surface area contributed by atoms with Gasteiger partial charge in [-0.05, 0) is 32.3 Å². The van der Waals surface area contributed by atoms with Gasteiger partial charge < -0.3 is 30.5 Å². The van der Waals surface area contributed by atoms with E-state index in [9.17, 15) is 9.59 Å². The molecule has 12 heteroatoms. The highest BCUT2D eigenvalue weighted by atomic mass is 16.5. The lowest BCUT2D eigenvalue weighted by Gasteiger charge is -2.26. The summed E-state index contributed by atoms with van der Waals surface area (Å²) in [6.07, 6.45) is 2.85. The number of hydrogen-bond acceptors (Lipinski definition) is 9. The largest absolute Gasteiger partial charge is 0.494 e. The summed E-state index contributed by atoms with van der Waals surface area (Å²) in [5.74, 6) is 0.918.